The largest absolute Gasteiger partial charge is 0.396 e. The molecule has 0 radical (unpaired) electrons. The fourth-order valence-electron chi connectivity index (χ4n) is 3.43. The Kier molecular flexibility index (Phi) is 5.35. The maximum atomic E-state index is 12.9. The van der Waals surface area contributed by atoms with Crippen LogP contribution in [-0.4, -0.2) is 32.8 Å². The van der Waals surface area contributed by atoms with Crippen molar-refractivity contribution in [2.75, 3.05) is 6.61 Å². The van der Waals surface area contributed by atoms with Crippen LogP contribution in [0.4, 0.5) is 0 Å². The predicted octanol–water partition coefficient (Wildman–Crippen LogP) is 3.79. The van der Waals surface area contributed by atoms with Gasteiger partial charge >= 0.3 is 0 Å². The van der Waals surface area contributed by atoms with Gasteiger partial charge in [0.2, 0.25) is 0 Å². The molecule has 1 unspecified atom stereocenters. The highest BCUT2D eigenvalue weighted by Gasteiger charge is 2.17. The Bertz CT molecular complexity index is 1150. The molecule has 146 valence electrons. The van der Waals surface area contributed by atoms with Crippen LogP contribution in [0.15, 0.2) is 67.0 Å². The van der Waals surface area contributed by atoms with E-state index in [0.717, 1.165) is 33.2 Å². The molecule has 0 saturated heterocycles. The number of benzene rings is 2. The maximum absolute atomic E-state index is 12.9. The van der Waals surface area contributed by atoms with Crippen molar-refractivity contribution >= 4 is 16.8 Å². The molecular formula is C23H22N4O2. The molecule has 0 bridgehead atoms. The summed E-state index contributed by atoms with van der Waals surface area (Å²) in [6.45, 7) is 1.99. The van der Waals surface area contributed by atoms with E-state index in [-0.39, 0.29) is 18.6 Å². The molecule has 2 aromatic carbocycles. The van der Waals surface area contributed by atoms with Gasteiger partial charge in [0.05, 0.1) is 17.8 Å². The smallest absolute Gasteiger partial charge is 0.270 e. The second-order valence-corrected chi connectivity index (χ2v) is 7.05. The van der Waals surface area contributed by atoms with E-state index in [2.05, 4.69) is 20.5 Å². The normalized spacial score (nSPS) is 12.1. The number of aromatic amines is 1. The quantitative estimate of drug-likeness (QED) is 0.470. The van der Waals surface area contributed by atoms with Gasteiger partial charge in [-0.25, -0.2) is 0 Å². The van der Waals surface area contributed by atoms with Gasteiger partial charge in [0, 0.05) is 18.2 Å². The summed E-state index contributed by atoms with van der Waals surface area (Å²) in [6.07, 6.45) is 3.85. The van der Waals surface area contributed by atoms with Crippen LogP contribution in [0.2, 0.25) is 0 Å². The Balaban J connectivity index is 1.58. The number of carbonyl (C=O) groups excluding carboxylic acids is 1. The van der Waals surface area contributed by atoms with Gasteiger partial charge in [0.25, 0.3) is 5.91 Å². The van der Waals surface area contributed by atoms with E-state index in [0.29, 0.717) is 12.1 Å². The number of carbonyl (C=O) groups is 1. The molecule has 1 amide bonds. The fraction of sp³-hybridized carbons (Fsp3) is 0.174. The average Bonchev–Trinajstić information content (AvgIpc) is 3.21. The number of aromatic nitrogens is 3. The number of amides is 1. The summed E-state index contributed by atoms with van der Waals surface area (Å²) in [7, 11) is 0. The number of hydrogen-bond donors (Lipinski definition) is 3. The van der Waals surface area contributed by atoms with E-state index < -0.39 is 0 Å². The standard InChI is InChI=1S/C23H22N4O2/c1-15-3-2-4-18(11-15)20(8-10-28)26-23(29)22-13-17(7-9-24-22)16-5-6-21-19(12-16)14-25-27-21/h2-7,9,11-14,20,28H,8,10H2,1H3,(H,25,27)(H,26,29). The molecule has 0 aliphatic carbocycles. The van der Waals surface area contributed by atoms with Crippen molar-refractivity contribution in [2.24, 2.45) is 0 Å². The van der Waals surface area contributed by atoms with Gasteiger partial charge in [-0.1, -0.05) is 35.9 Å². The molecule has 0 saturated carbocycles. The lowest BCUT2D eigenvalue weighted by Crippen LogP contribution is -2.30. The number of rotatable bonds is 6. The monoisotopic (exact) mass is 386 g/mol. The van der Waals surface area contributed by atoms with Crippen molar-refractivity contribution in [3.8, 4) is 11.1 Å². The van der Waals surface area contributed by atoms with Crippen molar-refractivity contribution in [3.05, 3.63) is 83.8 Å². The molecule has 1 atom stereocenters. The Labute approximate surface area is 168 Å². The number of hydrogen-bond acceptors (Lipinski definition) is 4. The summed E-state index contributed by atoms with van der Waals surface area (Å²) in [4.78, 5) is 17.1. The van der Waals surface area contributed by atoms with Crippen molar-refractivity contribution in [1.29, 1.82) is 0 Å². The van der Waals surface area contributed by atoms with Crippen molar-refractivity contribution in [2.45, 2.75) is 19.4 Å². The minimum Gasteiger partial charge on any atom is -0.396 e. The van der Waals surface area contributed by atoms with E-state index in [1.165, 1.54) is 0 Å². The van der Waals surface area contributed by atoms with Crippen LogP contribution < -0.4 is 5.32 Å². The predicted molar refractivity (Wildman–Crippen MR) is 112 cm³/mol. The molecule has 4 aromatic rings. The molecule has 2 aromatic heterocycles. The van der Waals surface area contributed by atoms with E-state index in [9.17, 15) is 9.90 Å². The van der Waals surface area contributed by atoms with Crippen LogP contribution in [0.1, 0.15) is 34.1 Å². The molecule has 29 heavy (non-hydrogen) atoms. The lowest BCUT2D eigenvalue weighted by Gasteiger charge is -2.19. The van der Waals surface area contributed by atoms with Gasteiger partial charge < -0.3 is 10.4 Å². The number of nitrogens with one attached hydrogen (secondary N) is 2. The summed E-state index contributed by atoms with van der Waals surface area (Å²) in [5.74, 6) is -0.267. The van der Waals surface area contributed by atoms with Crippen LogP contribution in [0.25, 0.3) is 22.0 Å². The highest BCUT2D eigenvalue weighted by molar-refractivity contribution is 5.94. The molecule has 6 nitrogen and oxygen atoms in total. The molecule has 3 N–H and O–H groups in total. The molecule has 0 aliphatic heterocycles. The third kappa shape index (κ3) is 4.17. The SMILES string of the molecule is Cc1cccc(C(CCO)NC(=O)c2cc(-c3ccc4[nH]ncc4c3)ccn2)c1. The molecule has 6 heteroatoms. The number of aliphatic hydroxyl groups is 1. The molecule has 0 spiro atoms. The Hall–Kier alpha value is -3.51. The van der Waals surface area contributed by atoms with Crippen LogP contribution in [0, 0.1) is 6.92 Å². The molecule has 0 fully saturated rings. The number of aliphatic hydroxyl groups excluding tert-OH is 1. The van der Waals surface area contributed by atoms with Crippen molar-refractivity contribution < 1.29 is 9.90 Å². The maximum Gasteiger partial charge on any atom is 0.270 e. The zero-order valence-corrected chi connectivity index (χ0v) is 16.1. The molecular weight excluding hydrogens is 364 g/mol. The number of nitrogens with zero attached hydrogens (tertiary/aromatic N) is 2. The summed E-state index contributed by atoms with van der Waals surface area (Å²) in [6, 6.07) is 17.3. The summed E-state index contributed by atoms with van der Waals surface area (Å²) in [5.41, 5.74) is 5.27. The minimum atomic E-state index is -0.278. The third-order valence-corrected chi connectivity index (χ3v) is 4.93. The number of aryl methyl sites for hydroxylation is 1. The Morgan fingerprint density at radius 3 is 2.83 bits per heavy atom. The van der Waals surface area contributed by atoms with Crippen LogP contribution in [0.5, 0.6) is 0 Å². The summed E-state index contributed by atoms with van der Waals surface area (Å²) >= 11 is 0. The zero-order chi connectivity index (χ0) is 20.2. The van der Waals surface area contributed by atoms with E-state index in [4.69, 9.17) is 0 Å². The summed E-state index contributed by atoms with van der Waals surface area (Å²) in [5, 5.41) is 20.4. The first-order chi connectivity index (χ1) is 14.1. The van der Waals surface area contributed by atoms with E-state index in [1.807, 2.05) is 55.5 Å². The van der Waals surface area contributed by atoms with Crippen molar-refractivity contribution in [1.82, 2.24) is 20.5 Å². The molecule has 4 rings (SSSR count). The topological polar surface area (TPSA) is 90.9 Å². The van der Waals surface area contributed by atoms with Gasteiger partial charge in [-0.2, -0.15) is 5.10 Å². The van der Waals surface area contributed by atoms with Crippen LogP contribution >= 0.6 is 0 Å². The van der Waals surface area contributed by atoms with Gasteiger partial charge in [-0.3, -0.25) is 14.9 Å². The van der Waals surface area contributed by atoms with Gasteiger partial charge in [0.1, 0.15) is 5.69 Å². The minimum absolute atomic E-state index is 0.0168. The van der Waals surface area contributed by atoms with Gasteiger partial charge in [0.15, 0.2) is 0 Å². The third-order valence-electron chi connectivity index (χ3n) is 4.93. The van der Waals surface area contributed by atoms with Gasteiger partial charge in [-0.15, -0.1) is 0 Å². The second-order valence-electron chi connectivity index (χ2n) is 7.05. The zero-order valence-electron chi connectivity index (χ0n) is 16.1. The first-order valence-electron chi connectivity index (χ1n) is 9.52. The number of pyridine rings is 1. The first kappa shape index (κ1) is 18.8. The second kappa shape index (κ2) is 8.24. The number of fused-ring (bicyclic) bond motifs is 1. The van der Waals surface area contributed by atoms with E-state index >= 15 is 0 Å². The molecule has 0 aliphatic rings. The van der Waals surface area contributed by atoms with Crippen molar-refractivity contribution in [3.63, 3.8) is 0 Å². The number of H-pyrrole nitrogens is 1. The highest BCUT2D eigenvalue weighted by Crippen LogP contribution is 2.24. The lowest BCUT2D eigenvalue weighted by atomic mass is 10.0. The first-order valence-corrected chi connectivity index (χ1v) is 9.52. The van der Waals surface area contributed by atoms with E-state index in [1.54, 1.807) is 18.5 Å². The average molecular weight is 386 g/mol. The Morgan fingerprint density at radius 2 is 2.00 bits per heavy atom. The Morgan fingerprint density at radius 1 is 1.14 bits per heavy atom. The fourth-order valence-corrected chi connectivity index (χ4v) is 3.43. The van der Waals surface area contributed by atoms with Crippen LogP contribution in [0.3, 0.4) is 0 Å². The molecule has 2 heterocycles. The summed E-state index contributed by atoms with van der Waals surface area (Å²) < 4.78 is 0. The van der Waals surface area contributed by atoms with Gasteiger partial charge in [-0.05, 0) is 54.3 Å². The highest BCUT2D eigenvalue weighted by atomic mass is 16.3. The lowest BCUT2D eigenvalue weighted by molar-refractivity contribution is 0.0925. The van der Waals surface area contributed by atoms with Crippen LogP contribution in [-0.2, 0) is 0 Å².